The van der Waals surface area contributed by atoms with Crippen LogP contribution in [0.4, 0.5) is 0 Å². The number of aliphatic hydroxyl groups excluding tert-OH is 1. The molecule has 3 atom stereocenters. The fourth-order valence-corrected chi connectivity index (χ4v) is 2.31. The third-order valence-corrected chi connectivity index (χ3v) is 4.52. The largest absolute Gasteiger partial charge is 0.391 e. The van der Waals surface area contributed by atoms with Gasteiger partial charge in [0.25, 0.3) is 0 Å². The van der Waals surface area contributed by atoms with Crippen LogP contribution in [0, 0.1) is 0 Å². The molecule has 1 heterocycles. The highest BCUT2D eigenvalue weighted by Crippen LogP contribution is 2.21. The predicted molar refractivity (Wildman–Crippen MR) is 66.3 cm³/mol. The Kier molecular flexibility index (Phi) is 4.62. The van der Waals surface area contributed by atoms with Crippen molar-refractivity contribution in [1.29, 1.82) is 0 Å². The summed E-state index contributed by atoms with van der Waals surface area (Å²) in [5.41, 5.74) is 6.20. The Morgan fingerprint density at radius 1 is 1.47 bits per heavy atom. The fraction of sp³-hybridized carbons (Fsp3) is 0.545. The quantitative estimate of drug-likeness (QED) is 0.770. The summed E-state index contributed by atoms with van der Waals surface area (Å²) in [6.07, 6.45) is 1.65. The van der Waals surface area contributed by atoms with Crippen molar-refractivity contribution in [2.45, 2.75) is 24.2 Å². The van der Waals surface area contributed by atoms with E-state index in [0.29, 0.717) is 5.69 Å². The zero-order chi connectivity index (χ0) is 13.1. The van der Waals surface area contributed by atoms with Gasteiger partial charge in [-0.3, -0.25) is 4.98 Å². The van der Waals surface area contributed by atoms with Crippen molar-refractivity contribution in [1.82, 2.24) is 4.98 Å². The Morgan fingerprint density at radius 2 is 2.12 bits per heavy atom. The minimum absolute atomic E-state index is 0.151. The summed E-state index contributed by atoms with van der Waals surface area (Å²) in [5, 5.41) is 9.20. The predicted octanol–water partition coefficient (Wildman–Crippen LogP) is -0.0821. The molecule has 0 aliphatic rings. The molecule has 3 N–H and O–H groups in total. The van der Waals surface area contributed by atoms with Crippen LogP contribution < -0.4 is 5.73 Å². The van der Waals surface area contributed by atoms with E-state index in [1.807, 2.05) is 0 Å². The first-order chi connectivity index (χ1) is 7.88. The highest BCUT2D eigenvalue weighted by atomic mass is 32.2. The first kappa shape index (κ1) is 14.1. The van der Waals surface area contributed by atoms with Crippen LogP contribution in [0.2, 0.25) is 0 Å². The van der Waals surface area contributed by atoms with Crippen molar-refractivity contribution in [2.75, 3.05) is 12.8 Å². The molecule has 0 aliphatic carbocycles. The van der Waals surface area contributed by atoms with E-state index in [1.165, 1.54) is 6.92 Å². The van der Waals surface area contributed by atoms with Gasteiger partial charge in [0.1, 0.15) is 0 Å². The molecule has 0 spiro atoms. The molecule has 6 heteroatoms. The normalized spacial score (nSPS) is 17.4. The van der Waals surface area contributed by atoms with E-state index in [4.69, 9.17) is 5.73 Å². The average Bonchev–Trinajstić information content (AvgIpc) is 2.29. The molecule has 0 amide bonds. The van der Waals surface area contributed by atoms with Crippen LogP contribution in [0.25, 0.3) is 0 Å². The molecule has 0 aliphatic heterocycles. The maximum atomic E-state index is 11.4. The Morgan fingerprint density at radius 3 is 2.53 bits per heavy atom. The van der Waals surface area contributed by atoms with Gasteiger partial charge in [-0.05, 0) is 19.1 Å². The fourth-order valence-electron chi connectivity index (χ4n) is 1.61. The number of sulfone groups is 1. The maximum absolute atomic E-state index is 11.4. The topological polar surface area (TPSA) is 93.3 Å². The minimum Gasteiger partial charge on any atom is -0.391 e. The average molecular weight is 258 g/mol. The second kappa shape index (κ2) is 5.57. The van der Waals surface area contributed by atoms with Crippen molar-refractivity contribution in [3.8, 4) is 0 Å². The highest BCUT2D eigenvalue weighted by Gasteiger charge is 2.31. The van der Waals surface area contributed by atoms with Gasteiger partial charge in [-0.2, -0.15) is 0 Å². The lowest BCUT2D eigenvalue weighted by atomic mass is 9.96. The van der Waals surface area contributed by atoms with E-state index in [0.717, 1.165) is 6.26 Å². The maximum Gasteiger partial charge on any atom is 0.152 e. The molecule has 0 fully saturated rings. The van der Waals surface area contributed by atoms with Crippen LogP contribution in [0.1, 0.15) is 18.5 Å². The number of aromatic nitrogens is 1. The smallest absolute Gasteiger partial charge is 0.152 e. The Bertz CT molecular complexity index is 447. The van der Waals surface area contributed by atoms with Crippen molar-refractivity contribution < 1.29 is 13.5 Å². The van der Waals surface area contributed by atoms with Gasteiger partial charge >= 0.3 is 0 Å². The summed E-state index contributed by atoms with van der Waals surface area (Å²) in [5.74, 6) is -0.471. The molecule has 1 aromatic heterocycles. The third-order valence-electron chi connectivity index (χ3n) is 2.89. The summed E-state index contributed by atoms with van der Waals surface area (Å²) in [4.78, 5) is 4.10. The molecule has 5 nitrogen and oxygen atoms in total. The molecule has 0 bridgehead atoms. The molecule has 0 saturated carbocycles. The second-order valence-electron chi connectivity index (χ2n) is 4.12. The van der Waals surface area contributed by atoms with E-state index >= 15 is 0 Å². The molecule has 0 aromatic carbocycles. The van der Waals surface area contributed by atoms with E-state index in [2.05, 4.69) is 4.98 Å². The standard InChI is InChI=1S/C11H18N2O3S/c1-8(17(2,15)16)11(14)9(7-12)10-5-3-4-6-13-10/h3-6,8-9,11,14H,7,12H2,1-2H3. The molecular weight excluding hydrogens is 240 g/mol. The third kappa shape index (κ3) is 3.49. The van der Waals surface area contributed by atoms with Crippen molar-refractivity contribution >= 4 is 9.84 Å². The molecule has 96 valence electrons. The lowest BCUT2D eigenvalue weighted by molar-refractivity contribution is 0.142. The Hall–Kier alpha value is -0.980. The molecule has 1 rings (SSSR count). The number of aliphatic hydroxyl groups is 1. The van der Waals surface area contributed by atoms with Gasteiger partial charge in [-0.15, -0.1) is 0 Å². The van der Waals surface area contributed by atoms with Gasteiger partial charge in [0.05, 0.1) is 11.4 Å². The molecule has 0 radical (unpaired) electrons. The van der Waals surface area contributed by atoms with Crippen LogP contribution in [0.5, 0.6) is 0 Å². The minimum atomic E-state index is -3.30. The monoisotopic (exact) mass is 258 g/mol. The van der Waals surface area contributed by atoms with Gasteiger partial charge < -0.3 is 10.8 Å². The van der Waals surface area contributed by atoms with E-state index in [9.17, 15) is 13.5 Å². The number of pyridine rings is 1. The van der Waals surface area contributed by atoms with Gasteiger partial charge in [0, 0.05) is 30.6 Å². The highest BCUT2D eigenvalue weighted by molar-refractivity contribution is 7.91. The van der Waals surface area contributed by atoms with Crippen molar-refractivity contribution in [3.05, 3.63) is 30.1 Å². The SMILES string of the molecule is CC(C(O)C(CN)c1ccccn1)S(C)(=O)=O. The molecular formula is C11H18N2O3S. The van der Waals surface area contributed by atoms with Crippen LogP contribution in [0.15, 0.2) is 24.4 Å². The van der Waals surface area contributed by atoms with E-state index < -0.39 is 27.1 Å². The summed E-state index contributed by atoms with van der Waals surface area (Å²) in [7, 11) is -3.30. The summed E-state index contributed by atoms with van der Waals surface area (Å²) in [6, 6.07) is 5.27. The first-order valence-corrected chi connectivity index (χ1v) is 7.31. The lowest BCUT2D eigenvalue weighted by Gasteiger charge is -2.25. The number of nitrogens with zero attached hydrogens (tertiary/aromatic N) is 1. The van der Waals surface area contributed by atoms with Crippen LogP contribution in [0.3, 0.4) is 0 Å². The molecule has 1 aromatic rings. The Balaban J connectivity index is 2.97. The molecule has 3 unspecified atom stereocenters. The number of hydrogen-bond acceptors (Lipinski definition) is 5. The number of nitrogens with two attached hydrogens (primary N) is 1. The van der Waals surface area contributed by atoms with Gasteiger partial charge in [-0.25, -0.2) is 8.42 Å². The van der Waals surface area contributed by atoms with Crippen molar-refractivity contribution in [3.63, 3.8) is 0 Å². The zero-order valence-corrected chi connectivity index (χ0v) is 10.8. The summed E-state index contributed by atoms with van der Waals surface area (Å²) in [6.45, 7) is 1.63. The second-order valence-corrected chi connectivity index (χ2v) is 6.52. The van der Waals surface area contributed by atoms with Crippen LogP contribution in [-0.4, -0.2) is 42.7 Å². The molecule has 0 saturated heterocycles. The summed E-state index contributed by atoms with van der Waals surface area (Å²) < 4.78 is 22.8. The number of hydrogen-bond donors (Lipinski definition) is 2. The van der Waals surface area contributed by atoms with E-state index in [1.54, 1.807) is 24.4 Å². The molecule has 17 heavy (non-hydrogen) atoms. The first-order valence-electron chi connectivity index (χ1n) is 5.36. The van der Waals surface area contributed by atoms with Crippen LogP contribution in [-0.2, 0) is 9.84 Å². The van der Waals surface area contributed by atoms with Gasteiger partial charge in [0.2, 0.25) is 0 Å². The van der Waals surface area contributed by atoms with Gasteiger partial charge in [0.15, 0.2) is 9.84 Å². The Labute approximate surface area is 102 Å². The zero-order valence-electron chi connectivity index (χ0n) is 9.95. The van der Waals surface area contributed by atoms with Gasteiger partial charge in [-0.1, -0.05) is 6.07 Å². The summed E-state index contributed by atoms with van der Waals surface area (Å²) >= 11 is 0. The van der Waals surface area contributed by atoms with Crippen molar-refractivity contribution in [2.24, 2.45) is 5.73 Å². The van der Waals surface area contributed by atoms with Crippen LogP contribution >= 0.6 is 0 Å². The lowest BCUT2D eigenvalue weighted by Crippen LogP contribution is -2.38. The van der Waals surface area contributed by atoms with E-state index in [-0.39, 0.29) is 6.54 Å². The number of rotatable bonds is 5.